The zero-order chi connectivity index (χ0) is 31.6. The van der Waals surface area contributed by atoms with E-state index in [4.69, 9.17) is 22.7 Å². The number of likely N-dealkylation sites (tertiary alicyclic amines) is 1. The van der Waals surface area contributed by atoms with Crippen molar-refractivity contribution < 1.29 is 29.0 Å². The van der Waals surface area contributed by atoms with Crippen molar-refractivity contribution in [1.29, 1.82) is 0 Å². The Morgan fingerprint density at radius 2 is 1.67 bits per heavy atom. The number of nitrogens with zero attached hydrogens (tertiary/aromatic N) is 1. The second-order valence-electron chi connectivity index (χ2n) is 11.5. The average molecular weight is 612 g/mol. The molecule has 232 valence electrons. The molecule has 0 spiro atoms. The van der Waals surface area contributed by atoms with Crippen molar-refractivity contribution in [2.45, 2.75) is 82.8 Å². The number of esters is 1. The van der Waals surface area contributed by atoms with Gasteiger partial charge in [0.2, 0.25) is 17.7 Å². The highest BCUT2D eigenvalue weighted by Gasteiger charge is 2.58. The Morgan fingerprint density at radius 3 is 2.26 bits per heavy atom. The van der Waals surface area contributed by atoms with Crippen LogP contribution in [0.3, 0.4) is 0 Å². The molecule has 3 rings (SSSR count). The minimum absolute atomic E-state index is 0.00974. The first-order valence-corrected chi connectivity index (χ1v) is 14.7. The van der Waals surface area contributed by atoms with Crippen molar-refractivity contribution >= 4 is 41.0 Å². The van der Waals surface area contributed by atoms with Crippen LogP contribution in [0.4, 0.5) is 0 Å². The minimum atomic E-state index is -2.46. The molecule has 12 heteroatoms. The number of hydrogen-bond acceptors (Lipinski definition) is 7. The molecule has 0 bridgehead atoms. The predicted molar refractivity (Wildman–Crippen MR) is 165 cm³/mol. The van der Waals surface area contributed by atoms with Gasteiger partial charge in [-0.2, -0.15) is 0 Å². The van der Waals surface area contributed by atoms with Gasteiger partial charge in [0.15, 0.2) is 5.11 Å². The van der Waals surface area contributed by atoms with E-state index >= 15 is 0 Å². The first-order valence-electron chi connectivity index (χ1n) is 14.3. The molecule has 0 unspecified atom stereocenters. The molecule has 1 fully saturated rings. The number of hydrogen-bond donors (Lipinski definition) is 5. The number of carbonyl (C=O) groups is 4. The van der Waals surface area contributed by atoms with Crippen molar-refractivity contribution in [3.63, 3.8) is 0 Å². The van der Waals surface area contributed by atoms with Gasteiger partial charge >= 0.3 is 5.97 Å². The average Bonchev–Trinajstić information content (AvgIpc) is 3.28. The van der Waals surface area contributed by atoms with Gasteiger partial charge in [-0.05, 0) is 63.4 Å². The van der Waals surface area contributed by atoms with Crippen LogP contribution in [0.5, 0.6) is 0 Å². The van der Waals surface area contributed by atoms with E-state index in [1.165, 1.54) is 0 Å². The number of nitrogens with one attached hydrogen (secondary N) is 3. The second-order valence-corrected chi connectivity index (χ2v) is 11.9. The molecule has 1 aliphatic heterocycles. The van der Waals surface area contributed by atoms with Gasteiger partial charge in [0, 0.05) is 19.5 Å². The van der Waals surface area contributed by atoms with Crippen LogP contribution in [-0.2, 0) is 36.9 Å². The lowest BCUT2D eigenvalue weighted by Crippen LogP contribution is -2.65. The van der Waals surface area contributed by atoms with E-state index in [-0.39, 0.29) is 24.5 Å². The third kappa shape index (κ3) is 9.75. The number of thiocarbonyl (C=S) groups is 1. The molecule has 1 saturated heterocycles. The summed E-state index contributed by atoms with van der Waals surface area (Å²) in [7, 11) is 0. The summed E-state index contributed by atoms with van der Waals surface area (Å²) in [5.41, 5.74) is 3.98. The number of rotatable bonds is 12. The Hall–Kier alpha value is -4.03. The topological polar surface area (TPSA) is 163 Å². The van der Waals surface area contributed by atoms with E-state index in [0.717, 1.165) is 16.0 Å². The number of ether oxygens (including phenoxy) is 1. The van der Waals surface area contributed by atoms with E-state index in [9.17, 15) is 24.3 Å². The van der Waals surface area contributed by atoms with Crippen LogP contribution in [-0.4, -0.2) is 68.8 Å². The van der Waals surface area contributed by atoms with Crippen molar-refractivity contribution in [3.05, 3.63) is 71.8 Å². The zero-order valence-corrected chi connectivity index (χ0v) is 25.6. The molecular formula is C31H41N5O6S. The lowest BCUT2D eigenvalue weighted by molar-refractivity contribution is -0.200. The first-order chi connectivity index (χ1) is 20.3. The fourth-order valence-electron chi connectivity index (χ4n) is 4.80. The maximum Gasteiger partial charge on any atom is 0.362 e. The van der Waals surface area contributed by atoms with E-state index < -0.39 is 53.5 Å². The molecule has 1 heterocycles. The fourth-order valence-corrected chi connectivity index (χ4v) is 5.02. The molecule has 43 heavy (non-hydrogen) atoms. The number of carbonyl (C=O) groups excluding carboxylic acids is 4. The maximum atomic E-state index is 13.4. The SMILES string of the molecule is CC(C)(C)OC(=O)[C@@]1(O)[C@@H](NC(=O)[C@H](CC(N)=O)NC(=S)NCc2ccccc2)CCN1C(=O)CCCc1ccccc1. The van der Waals surface area contributed by atoms with Crippen LogP contribution in [0, 0.1) is 0 Å². The normalized spacial score (nSPS) is 18.8. The fraction of sp³-hybridized carbons (Fsp3) is 0.452. The summed E-state index contributed by atoms with van der Waals surface area (Å²) in [6, 6.07) is 16.7. The molecule has 3 atom stereocenters. The van der Waals surface area contributed by atoms with Crippen molar-refractivity contribution in [1.82, 2.24) is 20.9 Å². The largest absolute Gasteiger partial charge is 0.456 e. The lowest BCUT2D eigenvalue weighted by Gasteiger charge is -2.37. The van der Waals surface area contributed by atoms with Gasteiger partial charge in [0.1, 0.15) is 11.6 Å². The summed E-state index contributed by atoms with van der Waals surface area (Å²) < 4.78 is 5.50. The predicted octanol–water partition coefficient (Wildman–Crippen LogP) is 1.67. The maximum absolute atomic E-state index is 13.4. The number of aryl methyl sites for hydroxylation is 1. The van der Waals surface area contributed by atoms with Gasteiger partial charge in [-0.1, -0.05) is 60.7 Å². The van der Waals surface area contributed by atoms with E-state index in [0.29, 0.717) is 19.4 Å². The Balaban J connectivity index is 1.73. The number of aliphatic hydroxyl groups is 1. The first kappa shape index (κ1) is 33.5. The molecule has 11 nitrogen and oxygen atoms in total. The van der Waals surface area contributed by atoms with Crippen LogP contribution in [0.1, 0.15) is 57.6 Å². The molecule has 0 aromatic heterocycles. The molecule has 6 N–H and O–H groups in total. The molecule has 2 aromatic rings. The summed E-state index contributed by atoms with van der Waals surface area (Å²) in [6.07, 6.45) is 0.890. The highest BCUT2D eigenvalue weighted by molar-refractivity contribution is 7.80. The van der Waals surface area contributed by atoms with Gasteiger partial charge in [0.25, 0.3) is 5.72 Å². The van der Waals surface area contributed by atoms with Gasteiger partial charge < -0.3 is 36.4 Å². The highest BCUT2D eigenvalue weighted by atomic mass is 32.1. The Bertz CT molecular complexity index is 1290. The van der Waals surface area contributed by atoms with Gasteiger partial charge in [0.05, 0.1) is 12.5 Å². The Morgan fingerprint density at radius 1 is 1.07 bits per heavy atom. The number of amides is 3. The smallest absolute Gasteiger partial charge is 0.362 e. The van der Waals surface area contributed by atoms with Crippen LogP contribution in [0.25, 0.3) is 0 Å². The van der Waals surface area contributed by atoms with Crippen molar-refractivity contribution in [3.8, 4) is 0 Å². The third-order valence-electron chi connectivity index (χ3n) is 6.88. The van der Waals surface area contributed by atoms with Crippen molar-refractivity contribution in [2.24, 2.45) is 5.73 Å². The standard InChI is InChI=1S/C31H41N5O6S/c1-30(2,3)42-28(40)31(41)24(17-18-36(31)26(38)16-10-15-21-11-6-4-7-12-21)35-27(39)23(19-25(32)37)34-29(43)33-20-22-13-8-5-9-14-22/h4-9,11-14,23-24,41H,10,15-20H2,1-3H3,(H2,32,37)(H,35,39)(H2,33,34,43)/t23-,24-,31-/m0/s1. The molecule has 1 aliphatic rings. The highest BCUT2D eigenvalue weighted by Crippen LogP contribution is 2.31. The molecule has 0 radical (unpaired) electrons. The summed E-state index contributed by atoms with van der Waals surface area (Å²) in [4.78, 5) is 53.0. The van der Waals surface area contributed by atoms with E-state index in [1.807, 2.05) is 60.7 Å². The van der Waals surface area contributed by atoms with Gasteiger partial charge in [-0.3, -0.25) is 14.4 Å². The molecule has 0 saturated carbocycles. The molecular weight excluding hydrogens is 570 g/mol. The van der Waals surface area contributed by atoms with E-state index in [2.05, 4.69) is 16.0 Å². The van der Waals surface area contributed by atoms with Crippen LogP contribution >= 0.6 is 12.2 Å². The Labute approximate surface area is 257 Å². The zero-order valence-electron chi connectivity index (χ0n) is 24.8. The molecule has 2 aromatic carbocycles. The second kappa shape index (κ2) is 14.9. The van der Waals surface area contributed by atoms with Crippen molar-refractivity contribution in [2.75, 3.05) is 6.54 Å². The summed E-state index contributed by atoms with van der Waals surface area (Å²) in [6.45, 7) is 5.30. The number of primary amides is 1. The van der Waals surface area contributed by atoms with Gasteiger partial charge in [-0.25, -0.2) is 4.79 Å². The monoisotopic (exact) mass is 611 g/mol. The number of benzene rings is 2. The number of nitrogens with two attached hydrogens (primary N) is 1. The minimum Gasteiger partial charge on any atom is -0.456 e. The molecule has 3 amide bonds. The summed E-state index contributed by atoms with van der Waals surface area (Å²) in [5.74, 6) is -2.99. The quantitative estimate of drug-likeness (QED) is 0.177. The third-order valence-corrected chi connectivity index (χ3v) is 7.14. The van der Waals surface area contributed by atoms with Crippen LogP contribution in [0.15, 0.2) is 60.7 Å². The summed E-state index contributed by atoms with van der Waals surface area (Å²) >= 11 is 5.33. The van der Waals surface area contributed by atoms with E-state index in [1.54, 1.807) is 20.8 Å². The summed E-state index contributed by atoms with van der Waals surface area (Å²) in [5, 5.41) is 20.3. The Kier molecular flexibility index (Phi) is 11.6. The van der Waals surface area contributed by atoms with Crippen LogP contribution < -0.4 is 21.7 Å². The molecule has 0 aliphatic carbocycles. The van der Waals surface area contributed by atoms with Gasteiger partial charge in [-0.15, -0.1) is 0 Å². The van der Waals surface area contributed by atoms with Crippen LogP contribution in [0.2, 0.25) is 0 Å². The lowest BCUT2D eigenvalue weighted by atomic mass is 10.0.